The van der Waals surface area contributed by atoms with Crippen molar-refractivity contribution in [3.8, 4) is 0 Å². The maximum absolute atomic E-state index is 6.86. The van der Waals surface area contributed by atoms with E-state index in [9.17, 15) is 0 Å². The molecule has 2 aliphatic heterocycles. The van der Waals surface area contributed by atoms with Gasteiger partial charge >= 0.3 is 0 Å². The molecule has 0 aromatic carbocycles. The SMILES string of the molecule is C1CCC(C2CCC(N(C3CCC(C4CCCCC4)CC3)C3CCC(C4CCC(C5CCCC6C7CCC8OC9CCCCC9C8C7SC56)CC4)CC3)CC2)CC1. The van der Waals surface area contributed by atoms with Crippen LogP contribution in [-0.4, -0.2) is 45.7 Å². The predicted molar refractivity (Wildman–Crippen MR) is 241 cm³/mol. The fourth-order valence-electron chi connectivity index (χ4n) is 18.8. The highest BCUT2D eigenvalue weighted by Gasteiger charge is 2.60. The average Bonchev–Trinajstić information content (AvgIpc) is 3.87. The van der Waals surface area contributed by atoms with Crippen molar-refractivity contribution in [2.24, 2.45) is 71.0 Å². The second kappa shape index (κ2) is 18.2. The van der Waals surface area contributed by atoms with Gasteiger partial charge in [-0.1, -0.05) is 83.5 Å². The van der Waals surface area contributed by atoms with Crippen molar-refractivity contribution >= 4 is 11.8 Å². The topological polar surface area (TPSA) is 12.5 Å². The van der Waals surface area contributed by atoms with E-state index in [1.165, 1.54) is 77.0 Å². The van der Waals surface area contributed by atoms with Crippen molar-refractivity contribution < 1.29 is 4.74 Å². The smallest absolute Gasteiger partial charge is 0.0621 e. The molecule has 2 nitrogen and oxygen atoms in total. The maximum Gasteiger partial charge on any atom is 0.0621 e. The van der Waals surface area contributed by atoms with Gasteiger partial charge in [-0.2, -0.15) is 11.8 Å². The fourth-order valence-corrected chi connectivity index (χ4v) is 21.4. The standard InChI is InChI=1S/C54H89NOS/c1-3-10-36(11-4-1)39-22-28-43(29-23-39)55(44-30-24-40(25-31-44)37-12-5-2-6-13-37)45-32-26-41(27-33-45)38-18-20-42(21-19-38)46-15-9-16-47-48-34-35-51-52(54(48)57-53(46)47)49-14-7-8-17-50(49)56-51/h36-54H,1-35H2. The molecule has 0 N–H and O–H groups in total. The number of fused-ring (bicyclic) bond motifs is 7. The molecule has 3 heteroatoms. The normalized spacial score (nSPS) is 50.2. The maximum atomic E-state index is 6.86. The highest BCUT2D eigenvalue weighted by Crippen LogP contribution is 2.64. The van der Waals surface area contributed by atoms with E-state index in [1.54, 1.807) is 148 Å². The fraction of sp³-hybridized carbons (Fsp3) is 1.00. The number of hydrogen-bond donors (Lipinski definition) is 0. The van der Waals surface area contributed by atoms with Crippen molar-refractivity contribution in [2.45, 2.75) is 266 Å². The van der Waals surface area contributed by atoms with Crippen LogP contribution in [0.15, 0.2) is 0 Å². The van der Waals surface area contributed by atoms with E-state index in [-0.39, 0.29) is 0 Å². The first-order valence-electron chi connectivity index (χ1n) is 27.3. The van der Waals surface area contributed by atoms with Gasteiger partial charge in [0, 0.05) is 34.5 Å². The molecular weight excluding hydrogens is 711 g/mol. The van der Waals surface area contributed by atoms with Gasteiger partial charge in [0.1, 0.15) is 0 Å². The number of rotatable bonds is 7. The molecule has 11 fully saturated rings. The Labute approximate surface area is 356 Å². The van der Waals surface area contributed by atoms with Crippen LogP contribution in [-0.2, 0) is 4.74 Å². The molecule has 0 aromatic rings. The number of ether oxygens (including phenoxy) is 1. The van der Waals surface area contributed by atoms with E-state index < -0.39 is 0 Å². The van der Waals surface area contributed by atoms with Gasteiger partial charge in [0.2, 0.25) is 0 Å². The second-order valence-corrected chi connectivity index (χ2v) is 25.3. The van der Waals surface area contributed by atoms with Crippen molar-refractivity contribution in [3.63, 3.8) is 0 Å². The summed E-state index contributed by atoms with van der Waals surface area (Å²) in [5.41, 5.74) is 0. The molecule has 0 bridgehead atoms. The zero-order valence-electron chi connectivity index (χ0n) is 37.0. The Morgan fingerprint density at radius 3 is 1.26 bits per heavy atom. The highest BCUT2D eigenvalue weighted by molar-refractivity contribution is 8.00. The zero-order valence-corrected chi connectivity index (χ0v) is 37.8. The van der Waals surface area contributed by atoms with Crippen molar-refractivity contribution in [1.82, 2.24) is 4.90 Å². The van der Waals surface area contributed by atoms with Gasteiger partial charge in [0.25, 0.3) is 0 Å². The van der Waals surface area contributed by atoms with Crippen LogP contribution in [0.1, 0.15) is 225 Å². The van der Waals surface area contributed by atoms with Crippen LogP contribution in [0.4, 0.5) is 0 Å². The van der Waals surface area contributed by atoms with E-state index in [4.69, 9.17) is 4.74 Å². The van der Waals surface area contributed by atoms with Crippen LogP contribution in [0.3, 0.4) is 0 Å². The van der Waals surface area contributed by atoms with Crippen molar-refractivity contribution in [3.05, 3.63) is 0 Å². The molecule has 322 valence electrons. The lowest BCUT2D eigenvalue weighted by atomic mass is 9.61. The monoisotopic (exact) mass is 800 g/mol. The van der Waals surface area contributed by atoms with E-state index in [0.29, 0.717) is 12.2 Å². The van der Waals surface area contributed by atoms with Gasteiger partial charge in [-0.05, 0) is 206 Å². The summed E-state index contributed by atoms with van der Waals surface area (Å²) in [6.07, 6.45) is 55.2. The molecule has 9 atom stereocenters. The Kier molecular flexibility index (Phi) is 12.8. The first kappa shape index (κ1) is 40.1. The summed E-state index contributed by atoms with van der Waals surface area (Å²) in [6.45, 7) is 0. The summed E-state index contributed by atoms with van der Waals surface area (Å²) in [6, 6.07) is 2.76. The summed E-state index contributed by atoms with van der Waals surface area (Å²) >= 11 is 2.60. The first-order chi connectivity index (χ1) is 28.2. The van der Waals surface area contributed by atoms with Crippen LogP contribution in [0.2, 0.25) is 0 Å². The minimum Gasteiger partial charge on any atom is -0.374 e. The largest absolute Gasteiger partial charge is 0.374 e. The van der Waals surface area contributed by atoms with Gasteiger partial charge < -0.3 is 4.74 Å². The van der Waals surface area contributed by atoms with Crippen molar-refractivity contribution in [1.29, 1.82) is 0 Å². The third-order valence-corrected chi connectivity index (χ3v) is 23.6. The predicted octanol–water partition coefficient (Wildman–Crippen LogP) is 14.8. The molecule has 2 saturated heterocycles. The third kappa shape index (κ3) is 8.19. The van der Waals surface area contributed by atoms with Gasteiger partial charge in [-0.15, -0.1) is 0 Å². The number of hydrogen-bond acceptors (Lipinski definition) is 3. The Morgan fingerprint density at radius 1 is 0.281 bits per heavy atom. The molecule has 11 rings (SSSR count). The molecule has 9 saturated carbocycles. The van der Waals surface area contributed by atoms with Crippen LogP contribution in [0.5, 0.6) is 0 Å². The molecule has 0 amide bonds. The Bertz CT molecular complexity index is 1220. The Hall–Kier alpha value is 0.270. The lowest BCUT2D eigenvalue weighted by molar-refractivity contribution is -0.0122. The van der Waals surface area contributed by atoms with Crippen LogP contribution < -0.4 is 0 Å². The zero-order chi connectivity index (χ0) is 37.7. The summed E-state index contributed by atoms with van der Waals surface area (Å²) in [4.78, 5) is 3.34. The van der Waals surface area contributed by atoms with Gasteiger partial charge in [-0.3, -0.25) is 4.90 Å². The molecule has 0 spiro atoms. The molecule has 2 heterocycles. The summed E-state index contributed by atoms with van der Waals surface area (Å²) < 4.78 is 6.86. The Morgan fingerprint density at radius 2 is 0.702 bits per heavy atom. The molecule has 0 aromatic heterocycles. The molecule has 57 heavy (non-hydrogen) atoms. The summed E-state index contributed by atoms with van der Waals surface area (Å²) in [5, 5.41) is 1.96. The molecule has 9 aliphatic carbocycles. The van der Waals surface area contributed by atoms with Crippen LogP contribution >= 0.6 is 11.8 Å². The minimum absolute atomic E-state index is 0.630. The average molecular weight is 800 g/mol. The lowest BCUT2D eigenvalue weighted by Gasteiger charge is -2.51. The highest BCUT2D eigenvalue weighted by atomic mass is 32.2. The first-order valence-corrected chi connectivity index (χ1v) is 28.3. The van der Waals surface area contributed by atoms with Gasteiger partial charge in [-0.25, -0.2) is 0 Å². The molecule has 9 unspecified atom stereocenters. The summed E-state index contributed by atoms with van der Waals surface area (Å²) in [7, 11) is 0. The van der Waals surface area contributed by atoms with Crippen LogP contribution in [0.25, 0.3) is 0 Å². The minimum atomic E-state index is 0.630. The Balaban J connectivity index is 0.696. The third-order valence-electron chi connectivity index (χ3n) is 21.6. The van der Waals surface area contributed by atoms with E-state index in [0.717, 1.165) is 99.6 Å². The molecular formula is C54H89NOS. The number of thioether (sulfide) groups is 1. The number of nitrogens with zero attached hydrogens (tertiary/aromatic N) is 1. The van der Waals surface area contributed by atoms with E-state index in [2.05, 4.69) is 16.7 Å². The van der Waals surface area contributed by atoms with Gasteiger partial charge in [0.15, 0.2) is 0 Å². The van der Waals surface area contributed by atoms with Crippen LogP contribution in [0, 0.1) is 71.0 Å². The van der Waals surface area contributed by atoms with E-state index in [1.807, 2.05) is 0 Å². The van der Waals surface area contributed by atoms with E-state index >= 15 is 0 Å². The lowest BCUT2D eigenvalue weighted by Crippen LogP contribution is -2.53. The summed E-state index contributed by atoms with van der Waals surface area (Å²) in [5.74, 6) is 12.5. The molecule has 0 radical (unpaired) electrons. The van der Waals surface area contributed by atoms with Gasteiger partial charge in [0.05, 0.1) is 12.2 Å². The second-order valence-electron chi connectivity index (χ2n) is 23.9. The van der Waals surface area contributed by atoms with Crippen molar-refractivity contribution in [2.75, 3.05) is 0 Å². The molecule has 11 aliphatic rings. The quantitative estimate of drug-likeness (QED) is 0.255.